The Hall–Kier alpha value is -3.55. The number of amides is 2. The summed E-state index contributed by atoms with van der Waals surface area (Å²) in [5.41, 5.74) is 7.45. The van der Waals surface area contributed by atoms with Crippen molar-refractivity contribution < 1.29 is 9.59 Å². The topological polar surface area (TPSA) is 65.5 Å². The van der Waals surface area contributed by atoms with Crippen LogP contribution in [-0.2, 0) is 11.3 Å². The molecule has 1 fully saturated rings. The predicted octanol–water partition coefficient (Wildman–Crippen LogP) is 6.30. The first kappa shape index (κ1) is 26.1. The third kappa shape index (κ3) is 5.79. The summed E-state index contributed by atoms with van der Waals surface area (Å²) in [6.07, 6.45) is 1.74. The standard InChI is InChI=1S/C31H34N4O2S/c1-3-35(4-2)31(37)23-14-16-34(17-15-23)20-25-18-24(10-12-27(25)22-8-6-5-7-9-22)30(36)33-26-11-13-29-28(19-26)32-21-38-29/h5-13,18-19,21,23H,3-4,14-17,20H2,1-2H3,(H,33,36). The van der Waals surface area contributed by atoms with Crippen LogP contribution in [0, 0.1) is 5.92 Å². The Morgan fingerprint density at radius 1 is 1.00 bits per heavy atom. The van der Waals surface area contributed by atoms with Crippen LogP contribution in [0.3, 0.4) is 0 Å². The van der Waals surface area contributed by atoms with Gasteiger partial charge in [0.25, 0.3) is 5.91 Å². The second kappa shape index (κ2) is 11.9. The van der Waals surface area contributed by atoms with E-state index in [-0.39, 0.29) is 17.7 Å². The van der Waals surface area contributed by atoms with E-state index in [0.717, 1.165) is 78.2 Å². The van der Waals surface area contributed by atoms with Crippen molar-refractivity contribution in [3.05, 3.63) is 83.4 Å². The third-order valence-corrected chi connectivity index (χ3v) is 8.26. The zero-order valence-electron chi connectivity index (χ0n) is 22.0. The maximum Gasteiger partial charge on any atom is 0.255 e. The summed E-state index contributed by atoms with van der Waals surface area (Å²) in [7, 11) is 0. The largest absolute Gasteiger partial charge is 0.343 e. The van der Waals surface area contributed by atoms with Gasteiger partial charge in [-0.2, -0.15) is 0 Å². The minimum atomic E-state index is -0.135. The van der Waals surface area contributed by atoms with E-state index in [2.05, 4.69) is 33.4 Å². The quantitative estimate of drug-likeness (QED) is 0.293. The number of fused-ring (bicyclic) bond motifs is 1. The van der Waals surface area contributed by atoms with Gasteiger partial charge in [-0.25, -0.2) is 4.98 Å². The Balaban J connectivity index is 1.34. The highest BCUT2D eigenvalue weighted by Crippen LogP contribution is 2.29. The molecule has 0 radical (unpaired) electrons. The summed E-state index contributed by atoms with van der Waals surface area (Å²) in [4.78, 5) is 34.8. The number of anilines is 1. The van der Waals surface area contributed by atoms with Gasteiger partial charge in [0.2, 0.25) is 5.91 Å². The van der Waals surface area contributed by atoms with Crippen molar-refractivity contribution >= 4 is 39.1 Å². The second-order valence-corrected chi connectivity index (χ2v) is 10.7. The molecule has 0 unspecified atom stereocenters. The molecule has 38 heavy (non-hydrogen) atoms. The zero-order chi connectivity index (χ0) is 26.5. The molecule has 1 N–H and O–H groups in total. The SMILES string of the molecule is CCN(CC)C(=O)C1CCN(Cc2cc(C(=O)Nc3ccc4scnc4c3)ccc2-c2ccccc2)CC1. The van der Waals surface area contributed by atoms with Crippen molar-refractivity contribution in [1.29, 1.82) is 0 Å². The van der Waals surface area contributed by atoms with Gasteiger partial charge in [0.05, 0.1) is 15.7 Å². The highest BCUT2D eigenvalue weighted by atomic mass is 32.1. The number of piperidine rings is 1. The van der Waals surface area contributed by atoms with Crippen LogP contribution >= 0.6 is 11.3 Å². The number of aromatic nitrogens is 1. The Labute approximate surface area is 228 Å². The summed E-state index contributed by atoms with van der Waals surface area (Å²) >= 11 is 1.58. The number of nitrogens with zero attached hydrogens (tertiary/aromatic N) is 3. The van der Waals surface area contributed by atoms with E-state index >= 15 is 0 Å². The van der Waals surface area contributed by atoms with E-state index < -0.39 is 0 Å². The van der Waals surface area contributed by atoms with Crippen molar-refractivity contribution in [3.63, 3.8) is 0 Å². The van der Waals surface area contributed by atoms with E-state index in [0.29, 0.717) is 5.56 Å². The van der Waals surface area contributed by atoms with Gasteiger partial charge in [0.1, 0.15) is 0 Å². The molecule has 0 atom stereocenters. The number of rotatable bonds is 8. The maximum absolute atomic E-state index is 13.2. The number of thiazole rings is 1. The number of hydrogen-bond donors (Lipinski definition) is 1. The average Bonchev–Trinajstić information content (AvgIpc) is 3.42. The van der Waals surface area contributed by atoms with E-state index in [1.165, 1.54) is 0 Å². The van der Waals surface area contributed by atoms with Crippen LogP contribution in [0.5, 0.6) is 0 Å². The van der Waals surface area contributed by atoms with Crippen molar-refractivity contribution in [3.8, 4) is 11.1 Å². The van der Waals surface area contributed by atoms with E-state index in [4.69, 9.17) is 0 Å². The molecule has 7 heteroatoms. The lowest BCUT2D eigenvalue weighted by Crippen LogP contribution is -2.42. The molecule has 3 aromatic carbocycles. The third-order valence-electron chi connectivity index (χ3n) is 7.45. The van der Waals surface area contributed by atoms with Crippen LogP contribution in [0.1, 0.15) is 42.6 Å². The van der Waals surface area contributed by atoms with Gasteiger partial charge in [0.15, 0.2) is 0 Å². The van der Waals surface area contributed by atoms with Crippen molar-refractivity contribution in [2.45, 2.75) is 33.2 Å². The molecule has 1 aromatic heterocycles. The Bertz CT molecular complexity index is 1410. The molecule has 2 amide bonds. The van der Waals surface area contributed by atoms with Gasteiger partial charge < -0.3 is 10.2 Å². The maximum atomic E-state index is 13.2. The monoisotopic (exact) mass is 526 g/mol. The highest BCUT2D eigenvalue weighted by Gasteiger charge is 2.28. The van der Waals surface area contributed by atoms with Crippen LogP contribution in [0.15, 0.2) is 72.2 Å². The van der Waals surface area contributed by atoms with Crippen molar-refractivity contribution in [1.82, 2.24) is 14.8 Å². The molecule has 6 nitrogen and oxygen atoms in total. The normalized spacial score (nSPS) is 14.5. The summed E-state index contributed by atoms with van der Waals surface area (Å²) in [5.74, 6) is 0.255. The fraction of sp³-hybridized carbons (Fsp3) is 0.323. The van der Waals surface area contributed by atoms with Crippen molar-refractivity contribution in [2.24, 2.45) is 5.92 Å². The predicted molar refractivity (Wildman–Crippen MR) is 155 cm³/mol. The molecule has 1 aliphatic heterocycles. The Morgan fingerprint density at radius 2 is 1.76 bits per heavy atom. The Morgan fingerprint density at radius 3 is 2.50 bits per heavy atom. The molecule has 0 saturated carbocycles. The summed E-state index contributed by atoms with van der Waals surface area (Å²) < 4.78 is 1.10. The molecule has 2 heterocycles. The molecule has 0 aliphatic carbocycles. The van der Waals surface area contributed by atoms with Gasteiger partial charge in [-0.05, 0) is 86.8 Å². The van der Waals surface area contributed by atoms with Gasteiger partial charge in [-0.1, -0.05) is 36.4 Å². The van der Waals surface area contributed by atoms with E-state index in [1.807, 2.05) is 72.8 Å². The summed E-state index contributed by atoms with van der Waals surface area (Å²) in [6, 6.07) is 22.1. The lowest BCUT2D eigenvalue weighted by Gasteiger charge is -2.34. The molecule has 0 bridgehead atoms. The van der Waals surface area contributed by atoms with Crippen LogP contribution in [0.4, 0.5) is 5.69 Å². The van der Waals surface area contributed by atoms with Crippen LogP contribution < -0.4 is 5.32 Å². The zero-order valence-corrected chi connectivity index (χ0v) is 22.8. The van der Waals surface area contributed by atoms with E-state index in [1.54, 1.807) is 11.3 Å². The van der Waals surface area contributed by atoms with Crippen molar-refractivity contribution in [2.75, 3.05) is 31.5 Å². The highest BCUT2D eigenvalue weighted by molar-refractivity contribution is 7.16. The van der Waals surface area contributed by atoms with Crippen LogP contribution in [0.2, 0.25) is 0 Å². The van der Waals surface area contributed by atoms with Gasteiger partial charge in [-0.3, -0.25) is 14.5 Å². The van der Waals surface area contributed by atoms with Gasteiger partial charge in [-0.15, -0.1) is 11.3 Å². The fourth-order valence-electron chi connectivity index (χ4n) is 5.28. The summed E-state index contributed by atoms with van der Waals surface area (Å²) in [5, 5.41) is 3.04. The molecule has 5 rings (SSSR count). The number of carbonyl (C=O) groups is 2. The van der Waals surface area contributed by atoms with E-state index in [9.17, 15) is 9.59 Å². The lowest BCUT2D eigenvalue weighted by atomic mass is 9.93. The molecule has 1 saturated heterocycles. The minimum Gasteiger partial charge on any atom is -0.343 e. The number of nitrogens with one attached hydrogen (secondary N) is 1. The number of carbonyl (C=O) groups excluding carboxylic acids is 2. The van der Waals surface area contributed by atoms with Gasteiger partial charge in [0, 0.05) is 36.8 Å². The molecule has 0 spiro atoms. The number of likely N-dealkylation sites (tertiary alicyclic amines) is 1. The molecule has 4 aromatic rings. The van der Waals surface area contributed by atoms with Crippen LogP contribution in [0.25, 0.3) is 21.3 Å². The minimum absolute atomic E-state index is 0.104. The first-order chi connectivity index (χ1) is 18.6. The second-order valence-electron chi connectivity index (χ2n) is 9.79. The fourth-order valence-corrected chi connectivity index (χ4v) is 5.94. The number of benzene rings is 3. The average molecular weight is 527 g/mol. The first-order valence-electron chi connectivity index (χ1n) is 13.4. The molecular weight excluding hydrogens is 492 g/mol. The molecular formula is C31H34N4O2S. The van der Waals surface area contributed by atoms with Gasteiger partial charge >= 0.3 is 0 Å². The molecule has 196 valence electrons. The lowest BCUT2D eigenvalue weighted by molar-refractivity contribution is -0.136. The Kier molecular flexibility index (Phi) is 8.15. The number of hydrogen-bond acceptors (Lipinski definition) is 5. The summed E-state index contributed by atoms with van der Waals surface area (Å²) in [6.45, 7) is 8.10. The smallest absolute Gasteiger partial charge is 0.255 e. The molecule has 1 aliphatic rings. The van der Waals surface area contributed by atoms with Crippen LogP contribution in [-0.4, -0.2) is 52.8 Å². The first-order valence-corrected chi connectivity index (χ1v) is 14.3.